The first kappa shape index (κ1) is 13.4. The summed E-state index contributed by atoms with van der Waals surface area (Å²) in [6.45, 7) is 1.15. The first-order chi connectivity index (χ1) is 6.01. The third-order valence-electron chi connectivity index (χ3n) is 1.86. The molecule has 1 aromatic carbocycles. The van der Waals surface area contributed by atoms with Crippen molar-refractivity contribution in [3.8, 4) is 0 Å². The minimum absolute atomic E-state index is 0. The van der Waals surface area contributed by atoms with Crippen molar-refractivity contribution in [1.29, 1.82) is 0 Å². The Labute approximate surface area is 92.2 Å². The van der Waals surface area contributed by atoms with Gasteiger partial charge >= 0.3 is 0 Å². The van der Waals surface area contributed by atoms with Crippen molar-refractivity contribution < 1.29 is 22.0 Å². The first-order valence-corrected chi connectivity index (χ1v) is 4.50. The van der Waals surface area contributed by atoms with Gasteiger partial charge in [-0.2, -0.15) is 0 Å². The van der Waals surface area contributed by atoms with Crippen LogP contribution in [-0.2, 0) is 13.2 Å². The van der Waals surface area contributed by atoms with Gasteiger partial charge in [-0.15, -0.1) is 0 Å². The third kappa shape index (κ3) is 4.61. The molecule has 1 rings (SSSR count). The van der Waals surface area contributed by atoms with Crippen molar-refractivity contribution >= 4 is 0 Å². The van der Waals surface area contributed by atoms with E-state index in [9.17, 15) is 0 Å². The number of halogens is 1. The molecule has 0 atom stereocenters. The van der Waals surface area contributed by atoms with Crippen molar-refractivity contribution in [2.45, 2.75) is 13.2 Å². The Bertz CT molecular complexity index is 264. The topological polar surface area (TPSA) is 20.2 Å². The van der Waals surface area contributed by atoms with Gasteiger partial charge in [0.25, 0.3) is 0 Å². The summed E-state index contributed by atoms with van der Waals surface area (Å²) in [4.78, 5) is 0. The van der Waals surface area contributed by atoms with Gasteiger partial charge in [0.1, 0.15) is 6.54 Å². The molecule has 0 bridgehead atoms. The molecule has 3 heteroatoms. The van der Waals surface area contributed by atoms with Crippen LogP contribution in [0.4, 0.5) is 0 Å². The summed E-state index contributed by atoms with van der Waals surface area (Å²) in [6.07, 6.45) is 0. The van der Waals surface area contributed by atoms with Crippen molar-refractivity contribution in [2.24, 2.45) is 0 Å². The van der Waals surface area contributed by atoms with Gasteiger partial charge in [0.2, 0.25) is 0 Å². The second-order valence-corrected chi connectivity index (χ2v) is 4.42. The first-order valence-electron chi connectivity index (χ1n) is 4.50. The molecule has 0 heterocycles. The van der Waals surface area contributed by atoms with Gasteiger partial charge in [-0.05, 0) is 5.56 Å². The van der Waals surface area contributed by atoms with Crippen LogP contribution in [-0.4, -0.2) is 30.7 Å². The fourth-order valence-electron chi connectivity index (χ4n) is 1.30. The molecule has 0 unspecified atom stereocenters. The molecule has 0 aliphatic carbocycles. The Balaban J connectivity index is 0.00000169. The van der Waals surface area contributed by atoms with Crippen molar-refractivity contribution in [3.05, 3.63) is 35.4 Å². The number of aliphatic hydroxyl groups is 1. The number of hydrogen-bond acceptors (Lipinski definition) is 1. The zero-order valence-electron chi connectivity index (χ0n) is 9.00. The Morgan fingerprint density at radius 3 is 1.79 bits per heavy atom. The molecule has 0 radical (unpaired) electrons. The smallest absolute Gasteiger partial charge is 0.104 e. The van der Waals surface area contributed by atoms with Gasteiger partial charge in [0.05, 0.1) is 27.7 Å². The highest BCUT2D eigenvalue weighted by atomic mass is 35.5. The van der Waals surface area contributed by atoms with Crippen LogP contribution in [0.2, 0.25) is 0 Å². The molecule has 0 fully saturated rings. The molecule has 1 aromatic rings. The normalized spacial score (nSPS) is 10.9. The second-order valence-electron chi connectivity index (χ2n) is 4.42. The fraction of sp³-hybridized carbons (Fsp3) is 0.455. The minimum Gasteiger partial charge on any atom is -1.00 e. The highest BCUT2D eigenvalue weighted by Crippen LogP contribution is 2.08. The summed E-state index contributed by atoms with van der Waals surface area (Å²) in [7, 11) is 6.50. The van der Waals surface area contributed by atoms with Crippen LogP contribution >= 0.6 is 0 Å². The van der Waals surface area contributed by atoms with E-state index < -0.39 is 0 Å². The van der Waals surface area contributed by atoms with Gasteiger partial charge in [-0.3, -0.25) is 0 Å². The van der Waals surface area contributed by atoms with Crippen molar-refractivity contribution in [1.82, 2.24) is 0 Å². The lowest BCUT2D eigenvalue weighted by Gasteiger charge is -2.23. The Hall–Kier alpha value is -0.570. The van der Waals surface area contributed by atoms with E-state index >= 15 is 0 Å². The number of quaternary nitrogens is 1. The third-order valence-corrected chi connectivity index (χ3v) is 1.86. The highest BCUT2D eigenvalue weighted by Gasteiger charge is 2.07. The molecule has 80 valence electrons. The fourth-order valence-corrected chi connectivity index (χ4v) is 1.30. The summed E-state index contributed by atoms with van der Waals surface area (Å²) in [6, 6.07) is 8.11. The standard InChI is InChI=1S/C11H18NO.ClH/c1-12(2,3)8-10-4-6-11(9-13)7-5-10;/h4-7,13H,8-9H2,1-3H3;1H/q+1;/p-1. The Kier molecular flexibility index (Phi) is 5.13. The summed E-state index contributed by atoms with van der Waals surface area (Å²) in [5.74, 6) is 0. The summed E-state index contributed by atoms with van der Waals surface area (Å²) >= 11 is 0. The van der Waals surface area contributed by atoms with Crippen LogP contribution in [0.25, 0.3) is 0 Å². The molecule has 0 aromatic heterocycles. The molecule has 14 heavy (non-hydrogen) atoms. The van der Waals surface area contributed by atoms with E-state index in [-0.39, 0.29) is 19.0 Å². The highest BCUT2D eigenvalue weighted by molar-refractivity contribution is 5.21. The average molecular weight is 216 g/mol. The molecule has 0 aliphatic heterocycles. The van der Waals surface area contributed by atoms with E-state index in [1.165, 1.54) is 5.56 Å². The minimum atomic E-state index is 0. The van der Waals surface area contributed by atoms with Gasteiger partial charge in [0.15, 0.2) is 0 Å². The average Bonchev–Trinajstić information content (AvgIpc) is 2.03. The summed E-state index contributed by atoms with van der Waals surface area (Å²) in [5.41, 5.74) is 2.29. The monoisotopic (exact) mass is 215 g/mol. The molecule has 0 spiro atoms. The zero-order valence-corrected chi connectivity index (χ0v) is 9.75. The number of rotatable bonds is 3. The predicted octanol–water partition coefficient (Wildman–Crippen LogP) is -1.61. The van der Waals surface area contributed by atoms with Gasteiger partial charge < -0.3 is 22.0 Å². The number of nitrogens with zero attached hydrogens (tertiary/aromatic N) is 1. The predicted molar refractivity (Wildman–Crippen MR) is 54.1 cm³/mol. The van der Waals surface area contributed by atoms with E-state index in [1.807, 2.05) is 12.1 Å². The molecule has 0 amide bonds. The van der Waals surface area contributed by atoms with E-state index in [2.05, 4.69) is 33.3 Å². The van der Waals surface area contributed by atoms with Crippen molar-refractivity contribution in [3.63, 3.8) is 0 Å². The lowest BCUT2D eigenvalue weighted by Crippen LogP contribution is -3.00. The second kappa shape index (κ2) is 5.35. The van der Waals surface area contributed by atoms with E-state index in [4.69, 9.17) is 5.11 Å². The number of aliphatic hydroxyl groups excluding tert-OH is 1. The van der Waals surface area contributed by atoms with Crippen LogP contribution in [0.1, 0.15) is 11.1 Å². The van der Waals surface area contributed by atoms with Gasteiger partial charge in [-0.25, -0.2) is 0 Å². The quantitative estimate of drug-likeness (QED) is 0.602. The van der Waals surface area contributed by atoms with Gasteiger partial charge in [-0.1, -0.05) is 24.3 Å². The van der Waals surface area contributed by atoms with Crippen LogP contribution in [0.3, 0.4) is 0 Å². The molecule has 2 nitrogen and oxygen atoms in total. The van der Waals surface area contributed by atoms with Gasteiger partial charge in [0, 0.05) is 5.56 Å². The largest absolute Gasteiger partial charge is 1.00 e. The molecule has 1 N–H and O–H groups in total. The SMILES string of the molecule is C[N+](C)(C)Cc1ccc(CO)cc1.[Cl-]. The maximum Gasteiger partial charge on any atom is 0.104 e. The molecule has 0 aliphatic rings. The van der Waals surface area contributed by atoms with E-state index in [0.717, 1.165) is 16.6 Å². The molecule has 0 saturated carbocycles. The lowest BCUT2D eigenvalue weighted by atomic mass is 10.1. The Morgan fingerprint density at radius 1 is 1.00 bits per heavy atom. The lowest BCUT2D eigenvalue weighted by molar-refractivity contribution is -0.884. The van der Waals surface area contributed by atoms with Crippen LogP contribution in [0.15, 0.2) is 24.3 Å². The number of benzene rings is 1. The number of hydrogen-bond donors (Lipinski definition) is 1. The van der Waals surface area contributed by atoms with E-state index in [0.29, 0.717) is 0 Å². The zero-order chi connectivity index (χ0) is 9.90. The van der Waals surface area contributed by atoms with Crippen LogP contribution < -0.4 is 12.4 Å². The summed E-state index contributed by atoms with van der Waals surface area (Å²) < 4.78 is 0.929. The maximum atomic E-state index is 8.86. The maximum absolute atomic E-state index is 8.86. The van der Waals surface area contributed by atoms with Crippen LogP contribution in [0, 0.1) is 0 Å². The van der Waals surface area contributed by atoms with E-state index in [1.54, 1.807) is 0 Å². The molecular weight excluding hydrogens is 198 g/mol. The molecular formula is C11H18ClNO. The summed E-state index contributed by atoms with van der Waals surface area (Å²) in [5, 5.41) is 8.86. The van der Waals surface area contributed by atoms with Crippen LogP contribution in [0.5, 0.6) is 0 Å². The molecule has 0 saturated heterocycles. The van der Waals surface area contributed by atoms with Crippen molar-refractivity contribution in [2.75, 3.05) is 21.1 Å². The Morgan fingerprint density at radius 2 is 1.43 bits per heavy atom.